The normalized spacial score (nSPS) is 11.2. The second-order valence-electron chi connectivity index (χ2n) is 6.28. The van der Waals surface area contributed by atoms with Gasteiger partial charge in [0, 0.05) is 27.7 Å². The van der Waals surface area contributed by atoms with Crippen molar-refractivity contribution in [3.05, 3.63) is 71.5 Å². The van der Waals surface area contributed by atoms with Crippen molar-refractivity contribution >= 4 is 23.0 Å². The van der Waals surface area contributed by atoms with Gasteiger partial charge in [-0.15, -0.1) is 0 Å². The highest BCUT2D eigenvalue weighted by Crippen LogP contribution is 2.28. The molecule has 4 aromatic rings. The number of para-hydroxylation sites is 2. The summed E-state index contributed by atoms with van der Waals surface area (Å²) in [6, 6.07) is 17.1. The van der Waals surface area contributed by atoms with E-state index < -0.39 is 0 Å². The van der Waals surface area contributed by atoms with Gasteiger partial charge in [0.2, 0.25) is 0 Å². The highest BCUT2D eigenvalue weighted by Gasteiger charge is 2.13. The van der Waals surface area contributed by atoms with Crippen LogP contribution in [0.4, 0.5) is 0 Å². The van der Waals surface area contributed by atoms with Crippen molar-refractivity contribution in [1.82, 2.24) is 20.6 Å². The molecule has 0 spiro atoms. The van der Waals surface area contributed by atoms with E-state index in [2.05, 4.69) is 25.7 Å². The quantitative estimate of drug-likeness (QED) is 0.368. The zero-order valence-electron chi connectivity index (χ0n) is 15.5. The van der Waals surface area contributed by atoms with Gasteiger partial charge in [0.25, 0.3) is 5.91 Å². The van der Waals surface area contributed by atoms with Gasteiger partial charge < -0.3 is 9.72 Å². The number of nitrogens with one attached hydrogen (secondary N) is 3. The van der Waals surface area contributed by atoms with Crippen molar-refractivity contribution in [2.45, 2.75) is 6.92 Å². The minimum absolute atomic E-state index is 0.314. The average molecular weight is 373 g/mol. The molecule has 4 rings (SSSR count). The molecule has 0 saturated heterocycles. The summed E-state index contributed by atoms with van der Waals surface area (Å²) in [5.74, 6) is 0.316. The standard InChI is InChI=1S/C21H19N5O2/c1-13-16(14-7-3-5-9-17(14)23-13)12-22-26-21(27)19-11-18(24-25-19)15-8-4-6-10-20(15)28-2/h3-12,23H,1-2H3,(H,24,25)(H,26,27)/b22-12+. The van der Waals surface area contributed by atoms with Crippen LogP contribution >= 0.6 is 0 Å². The lowest BCUT2D eigenvalue weighted by Gasteiger charge is -2.04. The van der Waals surface area contributed by atoms with E-state index in [0.717, 1.165) is 27.7 Å². The molecular formula is C21H19N5O2. The van der Waals surface area contributed by atoms with Crippen LogP contribution in [0.15, 0.2) is 59.7 Å². The number of benzene rings is 2. The molecule has 0 atom stereocenters. The number of aromatic amines is 2. The molecule has 0 bridgehead atoms. The molecule has 140 valence electrons. The highest BCUT2D eigenvalue weighted by molar-refractivity contribution is 6.01. The zero-order chi connectivity index (χ0) is 19.5. The van der Waals surface area contributed by atoms with E-state index in [1.807, 2.05) is 55.5 Å². The molecule has 0 fully saturated rings. The number of carbonyl (C=O) groups is 1. The Balaban J connectivity index is 1.51. The third-order valence-electron chi connectivity index (χ3n) is 4.51. The molecule has 28 heavy (non-hydrogen) atoms. The smallest absolute Gasteiger partial charge is 0.289 e. The number of rotatable bonds is 5. The Morgan fingerprint density at radius 2 is 1.96 bits per heavy atom. The van der Waals surface area contributed by atoms with E-state index in [4.69, 9.17) is 4.74 Å². The molecule has 0 aliphatic rings. The molecule has 7 nitrogen and oxygen atoms in total. The molecule has 2 aromatic heterocycles. The first-order chi connectivity index (χ1) is 13.7. The fraction of sp³-hybridized carbons (Fsp3) is 0.0952. The summed E-state index contributed by atoms with van der Waals surface area (Å²) in [4.78, 5) is 15.7. The van der Waals surface area contributed by atoms with Gasteiger partial charge in [-0.3, -0.25) is 9.89 Å². The number of methoxy groups -OCH3 is 1. The maximum atomic E-state index is 12.4. The average Bonchev–Trinajstić information content (AvgIpc) is 3.33. The van der Waals surface area contributed by atoms with Gasteiger partial charge in [-0.2, -0.15) is 10.2 Å². The number of aryl methyl sites for hydroxylation is 1. The fourth-order valence-corrected chi connectivity index (χ4v) is 3.11. The Morgan fingerprint density at radius 1 is 1.18 bits per heavy atom. The van der Waals surface area contributed by atoms with Gasteiger partial charge >= 0.3 is 0 Å². The number of hydrazone groups is 1. The molecule has 0 aliphatic carbocycles. The number of aromatic nitrogens is 3. The van der Waals surface area contributed by atoms with Crippen LogP contribution in [0.3, 0.4) is 0 Å². The van der Waals surface area contributed by atoms with E-state index >= 15 is 0 Å². The molecular weight excluding hydrogens is 354 g/mol. The first kappa shape index (κ1) is 17.5. The van der Waals surface area contributed by atoms with Crippen LogP contribution in [0.2, 0.25) is 0 Å². The van der Waals surface area contributed by atoms with Crippen LogP contribution in [0.5, 0.6) is 5.75 Å². The van der Waals surface area contributed by atoms with Crippen LogP contribution in [0, 0.1) is 6.92 Å². The molecule has 7 heteroatoms. The van der Waals surface area contributed by atoms with E-state index in [0.29, 0.717) is 17.1 Å². The molecule has 0 radical (unpaired) electrons. The number of hydrogen-bond acceptors (Lipinski definition) is 4. The van der Waals surface area contributed by atoms with Crippen molar-refractivity contribution in [2.75, 3.05) is 7.11 Å². The Hall–Kier alpha value is -3.87. The second kappa shape index (κ2) is 7.40. The lowest BCUT2D eigenvalue weighted by atomic mass is 10.1. The predicted octanol–water partition coefficient (Wildman–Crippen LogP) is 3.64. The monoisotopic (exact) mass is 373 g/mol. The highest BCUT2D eigenvalue weighted by atomic mass is 16.5. The van der Waals surface area contributed by atoms with Crippen molar-refractivity contribution < 1.29 is 9.53 Å². The second-order valence-corrected chi connectivity index (χ2v) is 6.28. The number of H-pyrrole nitrogens is 2. The molecule has 0 saturated carbocycles. The number of fused-ring (bicyclic) bond motifs is 1. The molecule has 3 N–H and O–H groups in total. The van der Waals surface area contributed by atoms with Crippen LogP contribution in [-0.2, 0) is 0 Å². The van der Waals surface area contributed by atoms with Crippen molar-refractivity contribution in [3.8, 4) is 17.0 Å². The van der Waals surface area contributed by atoms with Crippen LogP contribution < -0.4 is 10.2 Å². The molecule has 0 unspecified atom stereocenters. The number of ether oxygens (including phenoxy) is 1. The third-order valence-corrected chi connectivity index (χ3v) is 4.51. The molecule has 1 amide bonds. The van der Waals surface area contributed by atoms with Crippen LogP contribution in [-0.4, -0.2) is 34.4 Å². The topological polar surface area (TPSA) is 95.2 Å². The van der Waals surface area contributed by atoms with E-state index in [1.165, 1.54) is 0 Å². The van der Waals surface area contributed by atoms with Gasteiger partial charge in [-0.1, -0.05) is 30.3 Å². The Morgan fingerprint density at radius 3 is 2.82 bits per heavy atom. The largest absolute Gasteiger partial charge is 0.496 e. The summed E-state index contributed by atoms with van der Waals surface area (Å²) in [5.41, 5.74) is 7.23. The minimum Gasteiger partial charge on any atom is -0.496 e. The first-order valence-corrected chi connectivity index (χ1v) is 8.77. The van der Waals surface area contributed by atoms with E-state index in [-0.39, 0.29) is 5.91 Å². The molecule has 2 aromatic carbocycles. The number of carbonyl (C=O) groups excluding carboxylic acids is 1. The van der Waals surface area contributed by atoms with Gasteiger partial charge in [-0.05, 0) is 31.2 Å². The molecule has 2 heterocycles. The van der Waals surface area contributed by atoms with E-state index in [1.54, 1.807) is 19.4 Å². The molecule has 0 aliphatic heterocycles. The zero-order valence-corrected chi connectivity index (χ0v) is 15.5. The maximum absolute atomic E-state index is 12.4. The summed E-state index contributed by atoms with van der Waals surface area (Å²) in [6.45, 7) is 1.97. The number of amides is 1. The summed E-state index contributed by atoms with van der Waals surface area (Å²) >= 11 is 0. The van der Waals surface area contributed by atoms with Gasteiger partial charge in [0.1, 0.15) is 11.4 Å². The van der Waals surface area contributed by atoms with Crippen molar-refractivity contribution in [3.63, 3.8) is 0 Å². The van der Waals surface area contributed by atoms with Crippen LogP contribution in [0.1, 0.15) is 21.7 Å². The lowest BCUT2D eigenvalue weighted by molar-refractivity contribution is 0.0950. The van der Waals surface area contributed by atoms with Gasteiger partial charge in [-0.25, -0.2) is 5.43 Å². The van der Waals surface area contributed by atoms with Crippen molar-refractivity contribution in [2.24, 2.45) is 5.10 Å². The number of nitrogens with zero attached hydrogens (tertiary/aromatic N) is 2. The summed E-state index contributed by atoms with van der Waals surface area (Å²) in [5, 5.41) is 12.1. The summed E-state index contributed by atoms with van der Waals surface area (Å²) in [6.07, 6.45) is 1.64. The lowest BCUT2D eigenvalue weighted by Crippen LogP contribution is -2.18. The number of hydrogen-bond donors (Lipinski definition) is 3. The Bertz CT molecular complexity index is 1170. The summed E-state index contributed by atoms with van der Waals surface area (Å²) < 4.78 is 5.34. The van der Waals surface area contributed by atoms with Gasteiger partial charge in [0.15, 0.2) is 0 Å². The minimum atomic E-state index is -0.373. The first-order valence-electron chi connectivity index (χ1n) is 8.77. The predicted molar refractivity (Wildman–Crippen MR) is 109 cm³/mol. The van der Waals surface area contributed by atoms with E-state index in [9.17, 15) is 4.79 Å². The SMILES string of the molecule is COc1ccccc1-c1cc(C(=O)N/N=C/c2c(C)[nH]c3ccccc23)[nH]n1. The Labute approximate surface area is 161 Å². The van der Waals surface area contributed by atoms with Crippen LogP contribution in [0.25, 0.3) is 22.2 Å². The third kappa shape index (κ3) is 3.25. The summed E-state index contributed by atoms with van der Waals surface area (Å²) in [7, 11) is 1.60. The Kier molecular flexibility index (Phi) is 4.63. The van der Waals surface area contributed by atoms with Crippen molar-refractivity contribution in [1.29, 1.82) is 0 Å². The maximum Gasteiger partial charge on any atom is 0.289 e. The van der Waals surface area contributed by atoms with Gasteiger partial charge in [0.05, 0.1) is 19.0 Å². The fourth-order valence-electron chi connectivity index (χ4n) is 3.11.